The van der Waals surface area contributed by atoms with Crippen LogP contribution in [0.1, 0.15) is 0 Å². The van der Waals surface area contributed by atoms with E-state index in [0.717, 1.165) is 0 Å². The topological polar surface area (TPSA) is 56.2 Å². The van der Waals surface area contributed by atoms with Gasteiger partial charge in [-0.15, -0.1) is 0 Å². The Morgan fingerprint density at radius 2 is 2.07 bits per heavy atom. The molecular formula is C8H6BClFNO2. The summed E-state index contributed by atoms with van der Waals surface area (Å²) >= 11 is 5.79. The molecule has 0 spiro atoms. The molecule has 0 amide bonds. The van der Waals surface area contributed by atoms with Crippen molar-refractivity contribution in [2.24, 2.45) is 0 Å². The van der Waals surface area contributed by atoms with Crippen LogP contribution in [-0.4, -0.2) is 22.2 Å². The molecular weight excluding hydrogens is 207 g/mol. The van der Waals surface area contributed by atoms with Gasteiger partial charge in [-0.25, -0.2) is 4.39 Å². The maximum absolute atomic E-state index is 13.3. The molecule has 1 aromatic carbocycles. The predicted molar refractivity (Wildman–Crippen MR) is 53.1 cm³/mol. The van der Waals surface area contributed by atoms with E-state index in [9.17, 15) is 4.39 Å². The van der Waals surface area contributed by atoms with Gasteiger partial charge in [-0.3, -0.25) is 0 Å². The minimum Gasteiger partial charge on any atom is -0.423 e. The minimum absolute atomic E-state index is 0.0833. The van der Waals surface area contributed by atoms with E-state index in [1.54, 1.807) is 0 Å². The molecule has 1 heterocycles. The molecule has 3 N–H and O–H groups in total. The van der Waals surface area contributed by atoms with Gasteiger partial charge in [0.15, 0.2) is 0 Å². The number of aromatic nitrogens is 1. The molecule has 1 aromatic heterocycles. The van der Waals surface area contributed by atoms with Crippen molar-refractivity contribution in [1.82, 2.24) is 4.98 Å². The summed E-state index contributed by atoms with van der Waals surface area (Å²) in [6.45, 7) is 0. The molecule has 0 fully saturated rings. The number of fused-ring (bicyclic) bond motifs is 1. The second-order valence-electron chi connectivity index (χ2n) is 2.90. The Bertz CT molecular complexity index is 485. The average Bonchev–Trinajstić information content (AvgIpc) is 2.56. The highest BCUT2D eigenvalue weighted by atomic mass is 35.5. The highest BCUT2D eigenvalue weighted by Crippen LogP contribution is 2.23. The van der Waals surface area contributed by atoms with Crippen LogP contribution in [0.25, 0.3) is 10.9 Å². The van der Waals surface area contributed by atoms with E-state index in [-0.39, 0.29) is 10.8 Å². The van der Waals surface area contributed by atoms with E-state index in [4.69, 9.17) is 21.6 Å². The van der Waals surface area contributed by atoms with Crippen molar-refractivity contribution in [2.75, 3.05) is 0 Å². The summed E-state index contributed by atoms with van der Waals surface area (Å²) in [5.41, 5.74) is 0.453. The summed E-state index contributed by atoms with van der Waals surface area (Å²) in [6.07, 6.45) is 1.32. The number of benzene rings is 1. The zero-order valence-corrected chi connectivity index (χ0v) is 7.72. The molecule has 0 aliphatic carbocycles. The zero-order chi connectivity index (χ0) is 10.3. The second kappa shape index (κ2) is 3.27. The molecule has 0 saturated heterocycles. The van der Waals surface area contributed by atoms with Gasteiger partial charge in [-0.1, -0.05) is 11.6 Å². The number of H-pyrrole nitrogens is 1. The summed E-state index contributed by atoms with van der Waals surface area (Å²) in [5, 5.41) is 18.4. The normalized spacial score (nSPS) is 10.9. The third-order valence-corrected chi connectivity index (χ3v) is 2.36. The fourth-order valence-electron chi connectivity index (χ4n) is 1.40. The van der Waals surface area contributed by atoms with E-state index >= 15 is 0 Å². The summed E-state index contributed by atoms with van der Waals surface area (Å²) in [5.74, 6) is -0.534. The van der Waals surface area contributed by atoms with Gasteiger partial charge in [-0.05, 0) is 12.1 Å². The van der Waals surface area contributed by atoms with Crippen LogP contribution in [0.5, 0.6) is 0 Å². The van der Waals surface area contributed by atoms with Gasteiger partial charge in [0.25, 0.3) is 0 Å². The summed E-state index contributed by atoms with van der Waals surface area (Å²) in [6, 6.07) is 2.59. The summed E-state index contributed by atoms with van der Waals surface area (Å²) < 4.78 is 13.3. The van der Waals surface area contributed by atoms with Crippen molar-refractivity contribution in [3.8, 4) is 0 Å². The molecule has 0 radical (unpaired) electrons. The lowest BCUT2D eigenvalue weighted by Crippen LogP contribution is -2.29. The van der Waals surface area contributed by atoms with Crippen LogP contribution in [0.4, 0.5) is 4.39 Å². The number of hydrogen-bond donors (Lipinski definition) is 3. The first-order chi connectivity index (χ1) is 6.61. The molecule has 3 nitrogen and oxygen atoms in total. The summed E-state index contributed by atoms with van der Waals surface area (Å²) in [4.78, 5) is 2.69. The van der Waals surface area contributed by atoms with Crippen LogP contribution in [-0.2, 0) is 0 Å². The highest BCUT2D eigenvalue weighted by molar-refractivity contribution is 6.62. The second-order valence-corrected chi connectivity index (χ2v) is 3.30. The first-order valence-electron chi connectivity index (χ1n) is 3.92. The zero-order valence-electron chi connectivity index (χ0n) is 6.96. The van der Waals surface area contributed by atoms with E-state index < -0.39 is 12.9 Å². The van der Waals surface area contributed by atoms with Crippen LogP contribution in [0.2, 0.25) is 5.02 Å². The van der Waals surface area contributed by atoms with Gasteiger partial charge in [0.2, 0.25) is 0 Å². The molecule has 0 atom stereocenters. The maximum atomic E-state index is 13.3. The van der Waals surface area contributed by atoms with E-state index in [1.165, 1.54) is 18.3 Å². The molecule has 2 aromatic rings. The number of nitrogens with one attached hydrogen (secondary N) is 1. The van der Waals surface area contributed by atoms with E-state index in [1.807, 2.05) is 0 Å². The Labute approximate surface area is 84.3 Å². The number of hydrogen-bond acceptors (Lipinski definition) is 2. The van der Waals surface area contributed by atoms with Crippen LogP contribution in [0, 0.1) is 5.82 Å². The standard InChI is InChI=1S/C8H6BClFNO2/c10-5-1-2-6(11)7-4(9(13)14)3-12-8(5)7/h1-3,12-14H. The Kier molecular flexibility index (Phi) is 2.22. The highest BCUT2D eigenvalue weighted by Gasteiger charge is 2.20. The molecule has 6 heteroatoms. The first kappa shape index (κ1) is 9.52. The van der Waals surface area contributed by atoms with Gasteiger partial charge in [0.1, 0.15) is 5.82 Å². The Balaban J connectivity index is 2.84. The predicted octanol–water partition coefficient (Wildman–Crippen LogP) is 0.640. The summed E-state index contributed by atoms with van der Waals surface area (Å²) in [7, 11) is -1.71. The fourth-order valence-corrected chi connectivity index (χ4v) is 1.61. The monoisotopic (exact) mass is 213 g/mol. The smallest absolute Gasteiger partial charge is 0.423 e. The van der Waals surface area contributed by atoms with Crippen molar-refractivity contribution in [3.63, 3.8) is 0 Å². The van der Waals surface area contributed by atoms with Gasteiger partial charge < -0.3 is 15.0 Å². The van der Waals surface area contributed by atoms with Crippen molar-refractivity contribution in [2.45, 2.75) is 0 Å². The third-order valence-electron chi connectivity index (χ3n) is 2.04. The van der Waals surface area contributed by atoms with Crippen molar-refractivity contribution >= 4 is 35.1 Å². The van der Waals surface area contributed by atoms with E-state index in [2.05, 4.69) is 4.98 Å². The van der Waals surface area contributed by atoms with Gasteiger partial charge in [0.05, 0.1) is 10.5 Å². The first-order valence-corrected chi connectivity index (χ1v) is 4.30. The third kappa shape index (κ3) is 1.30. The van der Waals surface area contributed by atoms with Crippen LogP contribution < -0.4 is 5.46 Å². The van der Waals surface area contributed by atoms with Crippen LogP contribution >= 0.6 is 11.6 Å². The maximum Gasteiger partial charge on any atom is 0.490 e. The molecule has 72 valence electrons. The van der Waals surface area contributed by atoms with Crippen molar-refractivity contribution in [3.05, 3.63) is 29.2 Å². The van der Waals surface area contributed by atoms with Crippen molar-refractivity contribution in [1.29, 1.82) is 0 Å². The van der Waals surface area contributed by atoms with Crippen LogP contribution in [0.15, 0.2) is 18.3 Å². The number of rotatable bonds is 1. The van der Waals surface area contributed by atoms with E-state index in [0.29, 0.717) is 10.5 Å². The molecule has 2 rings (SSSR count). The lowest BCUT2D eigenvalue weighted by molar-refractivity contribution is 0.426. The molecule has 14 heavy (non-hydrogen) atoms. The minimum atomic E-state index is -1.71. The molecule has 0 bridgehead atoms. The SMILES string of the molecule is OB(O)c1c[nH]c2c(Cl)ccc(F)c12. The fraction of sp³-hybridized carbons (Fsp3) is 0. The molecule has 0 aliphatic heterocycles. The lowest BCUT2D eigenvalue weighted by atomic mass is 9.80. The van der Waals surface area contributed by atoms with Gasteiger partial charge in [0, 0.05) is 17.0 Å². The number of halogens is 2. The Morgan fingerprint density at radius 1 is 1.36 bits per heavy atom. The van der Waals surface area contributed by atoms with Crippen LogP contribution in [0.3, 0.4) is 0 Å². The lowest BCUT2D eigenvalue weighted by Gasteiger charge is -1.99. The largest absolute Gasteiger partial charge is 0.490 e. The Hall–Kier alpha value is -1.04. The quantitative estimate of drug-likeness (QED) is 0.609. The van der Waals surface area contributed by atoms with Gasteiger partial charge in [-0.2, -0.15) is 0 Å². The average molecular weight is 213 g/mol. The number of aromatic amines is 1. The molecule has 0 unspecified atom stereocenters. The van der Waals surface area contributed by atoms with Gasteiger partial charge >= 0.3 is 7.12 Å². The molecule has 0 saturated carbocycles. The molecule has 0 aliphatic rings. The Morgan fingerprint density at radius 3 is 2.71 bits per heavy atom. The van der Waals surface area contributed by atoms with Crippen molar-refractivity contribution < 1.29 is 14.4 Å².